The number of alkyl carbamates (subject to hydrolysis) is 1. The number of benzene rings is 1. The Morgan fingerprint density at radius 2 is 1.42 bits per heavy atom. The Morgan fingerprint density at radius 3 is 1.95 bits per heavy atom. The molecule has 1 aromatic rings. The van der Waals surface area contributed by atoms with E-state index in [-0.39, 0.29) is 12.5 Å². The van der Waals surface area contributed by atoms with Gasteiger partial charge in [-0.2, -0.15) is 13.2 Å². The lowest BCUT2D eigenvalue weighted by Gasteiger charge is -2.28. The number of azide groups is 1. The lowest BCUT2D eigenvalue weighted by atomic mass is 9.97. The van der Waals surface area contributed by atoms with E-state index in [4.69, 9.17) is 19.7 Å². The third-order valence-corrected chi connectivity index (χ3v) is 8.50. The van der Waals surface area contributed by atoms with Gasteiger partial charge >= 0.3 is 18.2 Å². The van der Waals surface area contributed by atoms with E-state index in [1.165, 1.54) is 25.7 Å². The lowest BCUT2D eigenvalue weighted by Crippen LogP contribution is -2.69. The second-order valence-electron chi connectivity index (χ2n) is 13.7. The predicted octanol–water partition coefficient (Wildman–Crippen LogP) is 3.42. The maximum absolute atomic E-state index is 13.6. The van der Waals surface area contributed by atoms with Crippen LogP contribution in [-0.4, -0.2) is 84.3 Å². The van der Waals surface area contributed by atoms with Crippen molar-refractivity contribution in [2.24, 2.45) is 11.0 Å². The number of carbonyl (C=O) groups excluding carboxylic acids is 5. The summed E-state index contributed by atoms with van der Waals surface area (Å²) in [4.78, 5) is 74.1. The van der Waals surface area contributed by atoms with E-state index in [0.29, 0.717) is 38.6 Å². The molecular formula is C37H59F3N8O9. The molecule has 4 atom stereocenters. The summed E-state index contributed by atoms with van der Waals surface area (Å²) >= 11 is 0. The van der Waals surface area contributed by atoms with Crippen LogP contribution in [-0.2, 0) is 35.3 Å². The highest BCUT2D eigenvalue weighted by Crippen LogP contribution is 2.16. The van der Waals surface area contributed by atoms with Crippen LogP contribution in [0, 0.1) is 5.92 Å². The van der Waals surface area contributed by atoms with Crippen molar-refractivity contribution in [2.45, 2.75) is 141 Å². The quantitative estimate of drug-likeness (QED) is 0.0328. The Kier molecular flexibility index (Phi) is 27.4. The maximum atomic E-state index is 13.6. The number of amides is 4. The van der Waals surface area contributed by atoms with Crippen LogP contribution >= 0.6 is 0 Å². The average molecular weight is 817 g/mol. The highest BCUT2D eigenvalue weighted by Gasteiger charge is 2.33. The molecule has 0 unspecified atom stereocenters. The Labute approximate surface area is 331 Å². The molecule has 0 spiro atoms. The molecule has 0 aliphatic rings. The third kappa shape index (κ3) is 25.6. The van der Waals surface area contributed by atoms with Crippen molar-refractivity contribution in [3.05, 3.63) is 46.3 Å². The van der Waals surface area contributed by atoms with Crippen LogP contribution in [0.15, 0.2) is 35.4 Å². The summed E-state index contributed by atoms with van der Waals surface area (Å²) in [5.41, 5.74) is 14.0. The van der Waals surface area contributed by atoms with Crippen molar-refractivity contribution in [1.82, 2.24) is 21.3 Å². The number of rotatable bonds is 27. The standard InChI is InChI=1S/C35H58N8O7.C2HF3O2/c1-4-5-6-7-8-9-10-11-15-21-28(31(42-43-37)33(47)39-23-29(44)45)40-34(48)30(25(2)3)41-32(46)27(36)20-16-17-22-38-35(49)50-24-26-18-13-12-14-19-26;3-2(4,5)1(6)7/h12-14,18-19,25,27-28,30-31H,4-11,15-17,20-24,36H2,1-3H3,(H,38,49)(H,39,47)(H,40,48)(H,41,46)(H,44,45);(H,6,7)/t27-,28+,30-,31+;/m0./s1. The van der Waals surface area contributed by atoms with E-state index >= 15 is 0 Å². The fourth-order valence-corrected chi connectivity index (χ4v) is 5.31. The van der Waals surface area contributed by atoms with E-state index in [1.54, 1.807) is 13.8 Å². The minimum absolute atomic E-state index is 0.169. The SMILES string of the molecule is CCCCCCCCCCC[C@@H](NC(=O)[C@@H](NC(=O)[C@@H]([NH3+])CCCCNC(=O)OCc1ccccc1)C(C)C)[C@@H](N=[N+]=[N-])C(=O)NCC(=O)O.O=C([O-])C(F)(F)F. The van der Waals surface area contributed by atoms with Crippen molar-refractivity contribution < 1.29 is 62.6 Å². The van der Waals surface area contributed by atoms with Gasteiger partial charge in [0.1, 0.15) is 31.2 Å². The van der Waals surface area contributed by atoms with Crippen molar-refractivity contribution in [1.29, 1.82) is 0 Å². The van der Waals surface area contributed by atoms with Crippen molar-refractivity contribution >= 4 is 35.8 Å². The number of halogens is 3. The number of ether oxygens (including phenoxy) is 1. The van der Waals surface area contributed by atoms with Gasteiger partial charge in [-0.25, -0.2) is 4.79 Å². The first-order chi connectivity index (χ1) is 26.9. The molecule has 322 valence electrons. The second-order valence-corrected chi connectivity index (χ2v) is 13.7. The molecule has 0 heterocycles. The fraction of sp³-hybridized carbons (Fsp3) is 0.676. The molecule has 0 aromatic heterocycles. The lowest BCUT2D eigenvalue weighted by molar-refractivity contribution is -0.405. The van der Waals surface area contributed by atoms with Gasteiger partial charge in [0, 0.05) is 23.9 Å². The maximum Gasteiger partial charge on any atom is 0.430 e. The van der Waals surface area contributed by atoms with Crippen LogP contribution in [0.5, 0.6) is 0 Å². The van der Waals surface area contributed by atoms with Gasteiger partial charge in [0.15, 0.2) is 6.04 Å². The first-order valence-electron chi connectivity index (χ1n) is 19.1. The number of carbonyl (C=O) groups is 6. The molecule has 0 bridgehead atoms. The Bertz CT molecular complexity index is 1410. The molecule has 0 aliphatic carbocycles. The zero-order chi connectivity index (χ0) is 43.2. The molecule has 1 aromatic carbocycles. The molecule has 0 aliphatic heterocycles. The summed E-state index contributed by atoms with van der Waals surface area (Å²) in [5.74, 6) is -6.38. The molecular weight excluding hydrogens is 757 g/mol. The van der Waals surface area contributed by atoms with Crippen LogP contribution in [0.25, 0.3) is 10.4 Å². The largest absolute Gasteiger partial charge is 0.542 e. The summed E-state index contributed by atoms with van der Waals surface area (Å²) in [6.07, 6.45) is 5.72. The van der Waals surface area contributed by atoms with Gasteiger partial charge in [-0.05, 0) is 36.3 Å². The minimum atomic E-state index is -5.19. The number of carboxylic acid groups (broad SMARTS) is 2. The van der Waals surface area contributed by atoms with Crippen LogP contribution < -0.4 is 32.1 Å². The van der Waals surface area contributed by atoms with E-state index in [1.807, 2.05) is 30.3 Å². The zero-order valence-corrected chi connectivity index (χ0v) is 33.0. The van der Waals surface area contributed by atoms with Crippen molar-refractivity contribution in [3.63, 3.8) is 0 Å². The van der Waals surface area contributed by atoms with E-state index in [0.717, 1.165) is 31.2 Å². The van der Waals surface area contributed by atoms with Gasteiger partial charge < -0.3 is 46.7 Å². The van der Waals surface area contributed by atoms with Crippen LogP contribution in [0.1, 0.15) is 110 Å². The third-order valence-electron chi connectivity index (χ3n) is 8.50. The average Bonchev–Trinajstić information content (AvgIpc) is 3.15. The molecule has 0 saturated carbocycles. The van der Waals surface area contributed by atoms with Gasteiger partial charge in [-0.15, -0.1) is 0 Å². The van der Waals surface area contributed by atoms with E-state index in [9.17, 15) is 42.7 Å². The number of nitrogens with zero attached hydrogens (tertiary/aromatic N) is 3. The molecule has 0 fully saturated rings. The summed E-state index contributed by atoms with van der Waals surface area (Å²) in [7, 11) is 0. The number of aliphatic carboxylic acids is 2. The minimum Gasteiger partial charge on any atom is -0.542 e. The van der Waals surface area contributed by atoms with Gasteiger partial charge in [0.25, 0.3) is 5.91 Å². The smallest absolute Gasteiger partial charge is 0.430 e. The number of unbranched alkanes of at least 4 members (excludes halogenated alkanes) is 9. The number of nitrogens with one attached hydrogen (secondary N) is 4. The van der Waals surface area contributed by atoms with Crippen LogP contribution in [0.2, 0.25) is 0 Å². The first kappa shape index (κ1) is 51.9. The molecule has 0 radical (unpaired) electrons. The van der Waals surface area contributed by atoms with Gasteiger partial charge in [0.2, 0.25) is 11.8 Å². The zero-order valence-electron chi connectivity index (χ0n) is 33.0. The first-order valence-corrected chi connectivity index (χ1v) is 19.1. The highest BCUT2D eigenvalue weighted by molar-refractivity contribution is 5.91. The van der Waals surface area contributed by atoms with Crippen LogP contribution in [0.3, 0.4) is 0 Å². The fourth-order valence-electron chi connectivity index (χ4n) is 5.31. The topological polar surface area (TPSA) is 279 Å². The van der Waals surface area contributed by atoms with E-state index in [2.05, 4.69) is 44.0 Å². The summed E-state index contributed by atoms with van der Waals surface area (Å²) in [6, 6.07) is 5.40. The molecule has 57 heavy (non-hydrogen) atoms. The Morgan fingerprint density at radius 1 is 0.860 bits per heavy atom. The molecule has 8 N–H and O–H groups in total. The number of carboxylic acids is 2. The van der Waals surface area contributed by atoms with E-state index < -0.39 is 72.6 Å². The number of hydrogen-bond acceptors (Lipinski definition) is 9. The summed E-state index contributed by atoms with van der Waals surface area (Å²) < 4.78 is 36.7. The summed E-state index contributed by atoms with van der Waals surface area (Å²) in [6.45, 7) is 5.58. The molecule has 17 nitrogen and oxygen atoms in total. The molecule has 20 heteroatoms. The molecule has 4 amide bonds. The molecule has 0 saturated heterocycles. The normalized spacial score (nSPS) is 13.0. The Hall–Kier alpha value is -5.10. The van der Waals surface area contributed by atoms with Crippen LogP contribution in [0.4, 0.5) is 18.0 Å². The Balaban J connectivity index is 0.00000407. The van der Waals surface area contributed by atoms with Crippen molar-refractivity contribution in [3.8, 4) is 0 Å². The number of quaternary nitrogens is 1. The predicted molar refractivity (Wildman–Crippen MR) is 200 cm³/mol. The second kappa shape index (κ2) is 30.1. The highest BCUT2D eigenvalue weighted by atomic mass is 19.4. The monoisotopic (exact) mass is 816 g/mol. The number of hydrogen-bond donors (Lipinski definition) is 6. The summed E-state index contributed by atoms with van der Waals surface area (Å²) in [5, 5.41) is 31.9. The molecule has 1 rings (SSSR count). The van der Waals surface area contributed by atoms with Gasteiger partial charge in [-0.1, -0.05) is 114 Å². The number of alkyl halides is 3. The van der Waals surface area contributed by atoms with Gasteiger partial charge in [0.05, 0.1) is 0 Å². The van der Waals surface area contributed by atoms with Crippen molar-refractivity contribution in [2.75, 3.05) is 13.1 Å². The van der Waals surface area contributed by atoms with Gasteiger partial charge in [-0.3, -0.25) is 19.2 Å².